The third-order valence-electron chi connectivity index (χ3n) is 6.85. The van der Waals surface area contributed by atoms with Crippen LogP contribution >= 0.6 is 0 Å². The van der Waals surface area contributed by atoms with E-state index >= 15 is 0 Å². The van der Waals surface area contributed by atoms with Gasteiger partial charge in [-0.05, 0) is 47.3 Å². The number of hydrogen-bond acceptors (Lipinski definition) is 3. The summed E-state index contributed by atoms with van der Waals surface area (Å²) in [7, 11) is -1.98. The maximum absolute atomic E-state index is 6.78. The Morgan fingerprint density at radius 2 is 1.43 bits per heavy atom. The van der Waals surface area contributed by atoms with Crippen LogP contribution in [0.1, 0.15) is 43.9 Å². The first kappa shape index (κ1) is 26.8. The van der Waals surface area contributed by atoms with Crippen LogP contribution in [-0.4, -0.2) is 21.5 Å². The standard InChI is InChI=1S/C31H41NO2Si/c1-31(2,3)35(4,5)34-29-19-13-12-18-27(29)24-28(26-16-10-7-11-17-26)30(33-23-22-32)21-20-25-14-8-6-9-15-25/h6-19H,20-24,32H2,1-5H3/b30-28-. The molecule has 0 atom stereocenters. The predicted molar refractivity (Wildman–Crippen MR) is 151 cm³/mol. The molecule has 0 fully saturated rings. The summed E-state index contributed by atoms with van der Waals surface area (Å²) in [6, 6.07) is 29.6. The van der Waals surface area contributed by atoms with Crippen molar-refractivity contribution < 1.29 is 9.16 Å². The molecule has 0 unspecified atom stereocenters. The van der Waals surface area contributed by atoms with E-state index in [2.05, 4.69) is 119 Å². The average Bonchev–Trinajstić information content (AvgIpc) is 2.84. The number of para-hydroxylation sites is 1. The lowest BCUT2D eigenvalue weighted by Crippen LogP contribution is -2.44. The molecule has 0 spiro atoms. The minimum Gasteiger partial charge on any atom is -0.543 e. The van der Waals surface area contributed by atoms with Crippen molar-refractivity contribution in [2.75, 3.05) is 13.2 Å². The van der Waals surface area contributed by atoms with E-state index in [0.717, 1.165) is 30.8 Å². The molecule has 0 aliphatic carbocycles. The third-order valence-corrected chi connectivity index (χ3v) is 11.2. The van der Waals surface area contributed by atoms with Crippen molar-refractivity contribution in [2.45, 2.75) is 58.2 Å². The second-order valence-corrected chi connectivity index (χ2v) is 15.3. The van der Waals surface area contributed by atoms with Crippen molar-refractivity contribution in [3.63, 3.8) is 0 Å². The average molecular weight is 488 g/mol. The molecule has 0 aliphatic rings. The summed E-state index contributed by atoms with van der Waals surface area (Å²) in [6.45, 7) is 12.4. The first-order chi connectivity index (χ1) is 16.7. The summed E-state index contributed by atoms with van der Waals surface area (Å²) in [4.78, 5) is 0. The Hall–Kier alpha value is -2.82. The fourth-order valence-electron chi connectivity index (χ4n) is 3.76. The number of allylic oxidation sites excluding steroid dienone is 2. The highest BCUT2D eigenvalue weighted by molar-refractivity contribution is 6.74. The molecular formula is C31H41NO2Si. The highest BCUT2D eigenvalue weighted by atomic mass is 28.4. The lowest BCUT2D eigenvalue weighted by Gasteiger charge is -2.37. The van der Waals surface area contributed by atoms with Crippen LogP contribution in [0.5, 0.6) is 5.75 Å². The van der Waals surface area contributed by atoms with Crippen molar-refractivity contribution in [1.29, 1.82) is 0 Å². The summed E-state index contributed by atoms with van der Waals surface area (Å²) < 4.78 is 13.1. The molecule has 0 bridgehead atoms. The van der Waals surface area contributed by atoms with Crippen LogP contribution in [0.4, 0.5) is 0 Å². The second-order valence-electron chi connectivity index (χ2n) is 10.5. The molecule has 35 heavy (non-hydrogen) atoms. The van der Waals surface area contributed by atoms with Gasteiger partial charge in [0, 0.05) is 25.0 Å². The van der Waals surface area contributed by atoms with Crippen LogP contribution in [0.25, 0.3) is 5.57 Å². The van der Waals surface area contributed by atoms with Gasteiger partial charge in [-0.1, -0.05) is 99.6 Å². The molecule has 0 saturated carbocycles. The lowest BCUT2D eigenvalue weighted by molar-refractivity contribution is 0.212. The van der Waals surface area contributed by atoms with Crippen molar-refractivity contribution in [2.24, 2.45) is 5.73 Å². The van der Waals surface area contributed by atoms with Gasteiger partial charge in [0.25, 0.3) is 0 Å². The monoisotopic (exact) mass is 487 g/mol. The van der Waals surface area contributed by atoms with E-state index in [-0.39, 0.29) is 5.04 Å². The molecule has 3 aromatic rings. The smallest absolute Gasteiger partial charge is 0.250 e. The molecule has 0 radical (unpaired) electrons. The van der Waals surface area contributed by atoms with Gasteiger partial charge < -0.3 is 14.9 Å². The number of hydrogen-bond donors (Lipinski definition) is 1. The molecular weight excluding hydrogens is 446 g/mol. The van der Waals surface area contributed by atoms with Crippen LogP contribution < -0.4 is 10.2 Å². The van der Waals surface area contributed by atoms with Crippen LogP contribution in [0.15, 0.2) is 90.7 Å². The van der Waals surface area contributed by atoms with Crippen molar-refractivity contribution in [3.05, 3.63) is 107 Å². The molecule has 0 heterocycles. The van der Waals surface area contributed by atoms with Crippen LogP contribution in [-0.2, 0) is 17.6 Å². The number of aryl methyl sites for hydroxylation is 1. The van der Waals surface area contributed by atoms with Gasteiger partial charge in [-0.3, -0.25) is 0 Å². The van der Waals surface area contributed by atoms with Crippen LogP contribution in [0.3, 0.4) is 0 Å². The zero-order valence-electron chi connectivity index (χ0n) is 22.0. The summed E-state index contributed by atoms with van der Waals surface area (Å²) in [5.41, 5.74) is 10.7. The fraction of sp³-hybridized carbons (Fsp3) is 0.355. The number of ether oxygens (including phenoxy) is 1. The van der Waals surface area contributed by atoms with E-state index in [1.54, 1.807) is 0 Å². The Labute approximate surface area is 213 Å². The molecule has 3 aromatic carbocycles. The van der Waals surface area contributed by atoms with E-state index in [9.17, 15) is 0 Å². The Balaban J connectivity index is 2.02. The molecule has 0 aromatic heterocycles. The Kier molecular flexibility index (Phi) is 9.36. The molecule has 2 N–H and O–H groups in total. The zero-order valence-corrected chi connectivity index (χ0v) is 23.0. The number of rotatable bonds is 11. The molecule has 3 rings (SSSR count). The summed E-state index contributed by atoms with van der Waals surface area (Å²) in [5.74, 6) is 1.99. The zero-order chi connectivity index (χ0) is 25.3. The van der Waals surface area contributed by atoms with Gasteiger partial charge in [-0.25, -0.2) is 0 Å². The Morgan fingerprint density at radius 3 is 2.06 bits per heavy atom. The summed E-state index contributed by atoms with van der Waals surface area (Å²) in [5, 5.41) is 0.128. The molecule has 186 valence electrons. The van der Waals surface area contributed by atoms with E-state index < -0.39 is 8.32 Å². The van der Waals surface area contributed by atoms with Gasteiger partial charge in [0.05, 0.1) is 6.61 Å². The van der Waals surface area contributed by atoms with Gasteiger partial charge in [0.2, 0.25) is 8.32 Å². The molecule has 0 aliphatic heterocycles. The van der Waals surface area contributed by atoms with Crippen molar-refractivity contribution >= 4 is 13.9 Å². The SMILES string of the molecule is CC(C)(C)[Si](C)(C)Oc1ccccc1C/C(=C(\CCc1ccccc1)OCCN)c1ccccc1. The van der Waals surface area contributed by atoms with E-state index in [1.165, 1.54) is 22.3 Å². The fourth-order valence-corrected chi connectivity index (χ4v) is 4.82. The Morgan fingerprint density at radius 1 is 0.829 bits per heavy atom. The minimum absolute atomic E-state index is 0.128. The largest absolute Gasteiger partial charge is 0.543 e. The summed E-state index contributed by atoms with van der Waals surface area (Å²) >= 11 is 0. The number of benzene rings is 3. The van der Waals surface area contributed by atoms with E-state index in [4.69, 9.17) is 14.9 Å². The summed E-state index contributed by atoms with van der Waals surface area (Å²) in [6.07, 6.45) is 2.47. The number of nitrogens with two attached hydrogens (primary N) is 1. The first-order valence-corrected chi connectivity index (χ1v) is 15.5. The van der Waals surface area contributed by atoms with E-state index in [1.807, 2.05) is 0 Å². The molecule has 0 saturated heterocycles. The van der Waals surface area contributed by atoms with Crippen LogP contribution in [0, 0.1) is 0 Å². The van der Waals surface area contributed by atoms with Gasteiger partial charge in [-0.2, -0.15) is 0 Å². The van der Waals surface area contributed by atoms with Crippen molar-refractivity contribution in [3.8, 4) is 5.75 Å². The first-order valence-electron chi connectivity index (χ1n) is 12.6. The molecule has 0 amide bonds. The highest BCUT2D eigenvalue weighted by Gasteiger charge is 2.39. The second kappa shape index (κ2) is 12.2. The third kappa shape index (κ3) is 7.58. The topological polar surface area (TPSA) is 44.5 Å². The molecule has 4 heteroatoms. The predicted octanol–water partition coefficient (Wildman–Crippen LogP) is 7.63. The highest BCUT2D eigenvalue weighted by Crippen LogP contribution is 2.39. The maximum atomic E-state index is 6.78. The quantitative estimate of drug-likeness (QED) is 0.223. The Bertz CT molecular complexity index is 1090. The maximum Gasteiger partial charge on any atom is 0.250 e. The van der Waals surface area contributed by atoms with E-state index in [0.29, 0.717) is 13.2 Å². The van der Waals surface area contributed by atoms with Gasteiger partial charge >= 0.3 is 0 Å². The van der Waals surface area contributed by atoms with Crippen LogP contribution in [0.2, 0.25) is 18.1 Å². The molecule has 3 nitrogen and oxygen atoms in total. The van der Waals surface area contributed by atoms with Crippen molar-refractivity contribution in [1.82, 2.24) is 0 Å². The van der Waals surface area contributed by atoms with Gasteiger partial charge in [0.15, 0.2) is 0 Å². The minimum atomic E-state index is -1.98. The lowest BCUT2D eigenvalue weighted by atomic mass is 9.94. The van der Waals surface area contributed by atoms with Gasteiger partial charge in [0.1, 0.15) is 11.5 Å². The normalized spacial score (nSPS) is 12.7. The van der Waals surface area contributed by atoms with Gasteiger partial charge in [-0.15, -0.1) is 0 Å².